The van der Waals surface area contributed by atoms with Crippen molar-refractivity contribution in [3.63, 3.8) is 0 Å². The van der Waals surface area contributed by atoms with Crippen molar-refractivity contribution in [3.8, 4) is 17.4 Å². The summed E-state index contributed by atoms with van der Waals surface area (Å²) in [5.41, 5.74) is 4.92. The van der Waals surface area contributed by atoms with Crippen LogP contribution in [0.25, 0.3) is 34.0 Å². The summed E-state index contributed by atoms with van der Waals surface area (Å²) in [7, 11) is 0. The van der Waals surface area contributed by atoms with Gasteiger partial charge >= 0.3 is 5.97 Å². The summed E-state index contributed by atoms with van der Waals surface area (Å²) in [6.07, 6.45) is 1.61. The Hall–Kier alpha value is -3.82. The highest BCUT2D eigenvalue weighted by Gasteiger charge is 2.13. The van der Waals surface area contributed by atoms with E-state index < -0.39 is 5.97 Å². The third-order valence-corrected chi connectivity index (χ3v) is 5.18. The number of aromatic nitrogens is 2. The van der Waals surface area contributed by atoms with Crippen molar-refractivity contribution in [3.05, 3.63) is 75.8 Å². The minimum atomic E-state index is -1.09. The fraction of sp³-hybridized carbons (Fsp3) is 0.0870. The van der Waals surface area contributed by atoms with Gasteiger partial charge in [-0.25, -0.2) is 9.78 Å². The minimum absolute atomic E-state index is 0.0224. The normalized spacial score (nSPS) is 11.6. The summed E-state index contributed by atoms with van der Waals surface area (Å²) < 4.78 is 5.82. The van der Waals surface area contributed by atoms with E-state index in [2.05, 4.69) is 16.0 Å². The number of fused-ring (bicyclic) bond motifs is 1. The minimum Gasteiger partial charge on any atom is -0.478 e. The fourth-order valence-corrected chi connectivity index (χ4v) is 3.38. The highest BCUT2D eigenvalue weighted by Crippen LogP contribution is 2.29. The molecule has 30 heavy (non-hydrogen) atoms. The lowest BCUT2D eigenvalue weighted by atomic mass is 10.1. The Balaban J connectivity index is 1.68. The summed E-state index contributed by atoms with van der Waals surface area (Å²) in [6, 6.07) is 14.2. The molecule has 6 nitrogen and oxygen atoms in total. The van der Waals surface area contributed by atoms with Crippen LogP contribution in [0.4, 0.5) is 0 Å². The number of H-pyrrole nitrogens is 1. The van der Waals surface area contributed by atoms with Crippen molar-refractivity contribution in [2.24, 2.45) is 0 Å². The number of imidazole rings is 1. The summed E-state index contributed by atoms with van der Waals surface area (Å²) in [5, 5.41) is 18.8. The molecule has 0 aliphatic rings. The van der Waals surface area contributed by atoms with Crippen LogP contribution in [0.1, 0.15) is 33.1 Å². The first-order valence-corrected chi connectivity index (χ1v) is 9.45. The third kappa shape index (κ3) is 3.59. The van der Waals surface area contributed by atoms with Crippen molar-refractivity contribution in [1.29, 1.82) is 5.26 Å². The first kappa shape index (κ1) is 19.5. The largest absolute Gasteiger partial charge is 0.478 e. The van der Waals surface area contributed by atoms with Crippen LogP contribution in [0, 0.1) is 25.2 Å². The van der Waals surface area contributed by atoms with E-state index >= 15 is 0 Å². The molecule has 0 bridgehead atoms. The number of aromatic carboxylic acids is 1. The van der Waals surface area contributed by atoms with Gasteiger partial charge in [-0.15, -0.1) is 0 Å². The predicted molar refractivity (Wildman–Crippen MR) is 115 cm³/mol. The van der Waals surface area contributed by atoms with Gasteiger partial charge in [0.05, 0.1) is 27.2 Å². The second-order valence-corrected chi connectivity index (χ2v) is 7.32. The molecule has 2 N–H and O–H groups in total. The summed E-state index contributed by atoms with van der Waals surface area (Å²) in [4.78, 5) is 18.8. The van der Waals surface area contributed by atoms with Gasteiger partial charge in [0.15, 0.2) is 0 Å². The number of carboxylic acid groups (broad SMARTS) is 1. The van der Waals surface area contributed by atoms with Crippen molar-refractivity contribution in [2.45, 2.75) is 13.8 Å². The van der Waals surface area contributed by atoms with Crippen molar-refractivity contribution in [2.75, 3.05) is 0 Å². The summed E-state index contributed by atoms with van der Waals surface area (Å²) in [6.45, 7) is 4.04. The number of hydrogen-bond acceptors (Lipinski definition) is 4. The molecule has 148 valence electrons. The zero-order chi connectivity index (χ0) is 21.4. The van der Waals surface area contributed by atoms with Crippen LogP contribution in [-0.2, 0) is 0 Å². The van der Waals surface area contributed by atoms with Crippen LogP contribution >= 0.6 is 11.6 Å². The van der Waals surface area contributed by atoms with E-state index in [9.17, 15) is 10.1 Å². The molecule has 4 aromatic rings. The number of rotatable bonds is 4. The number of benzene rings is 2. The SMILES string of the molecule is Cc1cc2nc(/C(C#N)=C\c3ccc(-c4ccc(C(=O)O)c(Cl)c4)o3)[nH]c2cc1C. The molecule has 0 unspecified atom stereocenters. The molecule has 7 heteroatoms. The maximum atomic E-state index is 11.1. The number of nitrogens with zero attached hydrogens (tertiary/aromatic N) is 2. The molecule has 2 aromatic heterocycles. The molecule has 0 saturated carbocycles. The lowest BCUT2D eigenvalue weighted by Crippen LogP contribution is -1.96. The fourth-order valence-electron chi connectivity index (χ4n) is 3.12. The molecule has 0 aliphatic carbocycles. The lowest BCUT2D eigenvalue weighted by Gasteiger charge is -2.01. The van der Waals surface area contributed by atoms with Gasteiger partial charge in [-0.3, -0.25) is 0 Å². The van der Waals surface area contributed by atoms with Gasteiger partial charge in [-0.2, -0.15) is 5.26 Å². The monoisotopic (exact) mass is 417 g/mol. The van der Waals surface area contributed by atoms with E-state index in [4.69, 9.17) is 21.1 Å². The molecule has 0 spiro atoms. The van der Waals surface area contributed by atoms with Crippen LogP contribution in [0.2, 0.25) is 5.02 Å². The molecule has 2 heterocycles. The van der Waals surface area contributed by atoms with E-state index in [1.807, 2.05) is 26.0 Å². The van der Waals surface area contributed by atoms with Crippen LogP contribution in [0.3, 0.4) is 0 Å². The quantitative estimate of drug-likeness (QED) is 0.405. The van der Waals surface area contributed by atoms with Gasteiger partial charge in [-0.1, -0.05) is 17.7 Å². The molecular formula is C23H16ClN3O3. The number of allylic oxidation sites excluding steroid dienone is 1. The molecule has 4 rings (SSSR count). The Kier molecular flexibility index (Phi) is 4.90. The van der Waals surface area contributed by atoms with Crippen LogP contribution in [-0.4, -0.2) is 21.0 Å². The molecule has 2 aromatic carbocycles. The van der Waals surface area contributed by atoms with Gasteiger partial charge in [-0.05, 0) is 61.4 Å². The Bertz CT molecular complexity index is 1330. The highest BCUT2D eigenvalue weighted by molar-refractivity contribution is 6.33. The first-order valence-electron chi connectivity index (χ1n) is 9.08. The Labute approximate surface area is 177 Å². The second kappa shape index (κ2) is 7.54. The highest BCUT2D eigenvalue weighted by atomic mass is 35.5. The van der Waals surface area contributed by atoms with Gasteiger partial charge in [0, 0.05) is 11.6 Å². The number of furan rings is 1. The van der Waals surface area contributed by atoms with Crippen molar-refractivity contribution in [1.82, 2.24) is 9.97 Å². The Morgan fingerprint density at radius 1 is 1.20 bits per heavy atom. The predicted octanol–water partition coefficient (Wildman–Crippen LogP) is 5.86. The van der Waals surface area contributed by atoms with Gasteiger partial charge in [0.25, 0.3) is 0 Å². The maximum Gasteiger partial charge on any atom is 0.337 e. The number of aryl methyl sites for hydroxylation is 2. The first-order chi connectivity index (χ1) is 14.4. The van der Waals surface area contributed by atoms with Gasteiger partial charge < -0.3 is 14.5 Å². The lowest BCUT2D eigenvalue weighted by molar-refractivity contribution is 0.0697. The standard InChI is InChI=1S/C23H16ClN3O3/c1-12-7-19-20(8-13(12)2)27-22(26-19)15(11-25)9-16-4-6-21(30-16)14-3-5-17(23(28)29)18(24)10-14/h3-10H,1-2H3,(H,26,27)(H,28,29)/b15-9-. The van der Waals surface area contributed by atoms with E-state index in [1.54, 1.807) is 24.3 Å². The number of hydrogen-bond donors (Lipinski definition) is 2. The summed E-state index contributed by atoms with van der Waals surface area (Å²) >= 11 is 6.04. The average Bonchev–Trinajstić information content (AvgIpc) is 3.33. The number of carbonyl (C=O) groups is 1. The zero-order valence-corrected chi connectivity index (χ0v) is 16.9. The average molecular weight is 418 g/mol. The van der Waals surface area contributed by atoms with E-state index in [0.717, 1.165) is 22.2 Å². The van der Waals surface area contributed by atoms with E-state index in [1.165, 1.54) is 12.1 Å². The van der Waals surface area contributed by atoms with Gasteiger partial charge in [0.2, 0.25) is 0 Å². The smallest absolute Gasteiger partial charge is 0.337 e. The van der Waals surface area contributed by atoms with Crippen LogP contribution in [0.5, 0.6) is 0 Å². The molecule has 0 saturated heterocycles. The van der Waals surface area contributed by atoms with Gasteiger partial charge in [0.1, 0.15) is 23.4 Å². The molecule has 0 amide bonds. The molecule has 0 radical (unpaired) electrons. The zero-order valence-electron chi connectivity index (χ0n) is 16.2. The second-order valence-electron chi connectivity index (χ2n) is 6.91. The van der Waals surface area contributed by atoms with Crippen molar-refractivity contribution >= 4 is 40.3 Å². The van der Waals surface area contributed by atoms with E-state index in [-0.39, 0.29) is 10.6 Å². The molecule has 0 fully saturated rings. The molecule has 0 atom stereocenters. The summed E-state index contributed by atoms with van der Waals surface area (Å²) in [5.74, 6) is 0.342. The number of aromatic amines is 1. The van der Waals surface area contributed by atoms with Crippen LogP contribution in [0.15, 0.2) is 46.9 Å². The van der Waals surface area contributed by atoms with Crippen LogP contribution < -0.4 is 0 Å². The number of carboxylic acids is 1. The maximum absolute atomic E-state index is 11.1. The Morgan fingerprint density at radius 3 is 2.67 bits per heavy atom. The molecule has 0 aliphatic heterocycles. The number of nitriles is 1. The topological polar surface area (TPSA) is 103 Å². The Morgan fingerprint density at radius 2 is 1.97 bits per heavy atom. The number of nitrogens with one attached hydrogen (secondary N) is 1. The third-order valence-electron chi connectivity index (χ3n) is 4.87. The van der Waals surface area contributed by atoms with Crippen molar-refractivity contribution < 1.29 is 14.3 Å². The van der Waals surface area contributed by atoms with E-state index in [0.29, 0.717) is 28.5 Å². The molecular weight excluding hydrogens is 402 g/mol. The number of halogens is 1.